The van der Waals surface area contributed by atoms with Crippen molar-refractivity contribution in [2.45, 2.75) is 31.2 Å². The van der Waals surface area contributed by atoms with E-state index in [4.69, 9.17) is 34.8 Å². The first kappa shape index (κ1) is 15.1. The minimum atomic E-state index is -3.71. The van der Waals surface area contributed by atoms with E-state index in [0.717, 1.165) is 0 Å². The molecule has 0 amide bonds. The highest BCUT2D eigenvalue weighted by molar-refractivity contribution is 7.89. The highest BCUT2D eigenvalue weighted by Crippen LogP contribution is 2.31. The Morgan fingerprint density at radius 3 is 1.94 bits per heavy atom. The van der Waals surface area contributed by atoms with Crippen LogP contribution >= 0.6 is 34.8 Å². The van der Waals surface area contributed by atoms with Crippen molar-refractivity contribution in [3.63, 3.8) is 0 Å². The molecule has 0 radical (unpaired) electrons. The van der Waals surface area contributed by atoms with Gasteiger partial charge in [-0.1, -0.05) is 34.8 Å². The summed E-state index contributed by atoms with van der Waals surface area (Å²) in [6, 6.07) is 2.54. The van der Waals surface area contributed by atoms with Gasteiger partial charge >= 0.3 is 0 Å². The summed E-state index contributed by atoms with van der Waals surface area (Å²) in [6.45, 7) is 5.20. The van der Waals surface area contributed by atoms with E-state index < -0.39 is 15.6 Å². The third-order valence-electron chi connectivity index (χ3n) is 1.70. The molecule has 0 saturated carbocycles. The molecule has 17 heavy (non-hydrogen) atoms. The lowest BCUT2D eigenvalue weighted by Gasteiger charge is -2.21. The van der Waals surface area contributed by atoms with Crippen LogP contribution in [0, 0.1) is 0 Å². The van der Waals surface area contributed by atoms with Crippen LogP contribution in [0.15, 0.2) is 17.0 Å². The molecule has 3 nitrogen and oxygen atoms in total. The predicted molar refractivity (Wildman–Crippen MR) is 71.5 cm³/mol. The molecule has 0 bridgehead atoms. The molecular weight excluding hydrogens is 305 g/mol. The molecule has 0 aliphatic heterocycles. The van der Waals surface area contributed by atoms with Gasteiger partial charge in [-0.2, -0.15) is 0 Å². The number of halogens is 3. The average molecular weight is 317 g/mol. The van der Waals surface area contributed by atoms with Crippen molar-refractivity contribution in [1.29, 1.82) is 0 Å². The van der Waals surface area contributed by atoms with Gasteiger partial charge in [-0.15, -0.1) is 0 Å². The zero-order chi connectivity index (χ0) is 13.4. The minimum absolute atomic E-state index is 0.0381. The first-order valence-electron chi connectivity index (χ1n) is 4.71. The van der Waals surface area contributed by atoms with E-state index in [2.05, 4.69) is 4.72 Å². The Hall–Kier alpha value is -0.000000000000000111. The van der Waals surface area contributed by atoms with Gasteiger partial charge in [0.15, 0.2) is 0 Å². The Kier molecular flexibility index (Phi) is 4.37. The van der Waals surface area contributed by atoms with Crippen molar-refractivity contribution in [2.75, 3.05) is 0 Å². The predicted octanol–water partition coefficient (Wildman–Crippen LogP) is 3.72. The summed E-state index contributed by atoms with van der Waals surface area (Å²) < 4.78 is 26.6. The SMILES string of the molecule is CC(C)(C)NS(=O)(=O)c1cc(Cl)c(Cl)cc1Cl. The van der Waals surface area contributed by atoms with Crippen LogP contribution in [0.3, 0.4) is 0 Å². The molecule has 0 aromatic heterocycles. The van der Waals surface area contributed by atoms with Gasteiger partial charge in [-0.05, 0) is 32.9 Å². The monoisotopic (exact) mass is 315 g/mol. The first-order chi connectivity index (χ1) is 7.53. The molecule has 1 rings (SSSR count). The second kappa shape index (κ2) is 4.94. The van der Waals surface area contributed by atoms with E-state index in [-0.39, 0.29) is 20.0 Å². The quantitative estimate of drug-likeness (QED) is 0.845. The highest BCUT2D eigenvalue weighted by atomic mass is 35.5. The van der Waals surface area contributed by atoms with Crippen LogP contribution in [0.1, 0.15) is 20.8 Å². The highest BCUT2D eigenvalue weighted by Gasteiger charge is 2.25. The van der Waals surface area contributed by atoms with Crippen molar-refractivity contribution >= 4 is 44.8 Å². The van der Waals surface area contributed by atoms with Gasteiger partial charge in [0.1, 0.15) is 4.90 Å². The fraction of sp³-hybridized carbons (Fsp3) is 0.400. The van der Waals surface area contributed by atoms with E-state index in [1.807, 2.05) is 0 Å². The molecule has 0 saturated heterocycles. The summed E-state index contributed by atoms with van der Waals surface area (Å²) in [4.78, 5) is -0.0801. The molecule has 0 atom stereocenters. The number of hydrogen-bond acceptors (Lipinski definition) is 2. The van der Waals surface area contributed by atoms with Crippen molar-refractivity contribution < 1.29 is 8.42 Å². The molecule has 0 aliphatic carbocycles. The zero-order valence-electron chi connectivity index (χ0n) is 9.51. The van der Waals surface area contributed by atoms with Crippen LogP contribution in [0.4, 0.5) is 0 Å². The fourth-order valence-corrected chi connectivity index (χ4v) is 3.59. The molecule has 1 N–H and O–H groups in total. The summed E-state index contributed by atoms with van der Waals surface area (Å²) in [5.41, 5.74) is -0.603. The van der Waals surface area contributed by atoms with Crippen molar-refractivity contribution in [2.24, 2.45) is 0 Å². The average Bonchev–Trinajstić information content (AvgIpc) is 2.06. The minimum Gasteiger partial charge on any atom is -0.207 e. The first-order valence-corrected chi connectivity index (χ1v) is 7.33. The molecule has 0 unspecified atom stereocenters. The molecular formula is C10H12Cl3NO2S. The fourth-order valence-electron chi connectivity index (χ4n) is 1.17. The Labute approximate surface area is 116 Å². The van der Waals surface area contributed by atoms with Crippen LogP contribution in [0.2, 0.25) is 15.1 Å². The number of rotatable bonds is 2. The normalized spacial score (nSPS) is 12.8. The smallest absolute Gasteiger partial charge is 0.207 e. The maximum absolute atomic E-state index is 12.0. The number of nitrogens with one attached hydrogen (secondary N) is 1. The summed E-state index contributed by atoms with van der Waals surface area (Å²) >= 11 is 17.4. The van der Waals surface area contributed by atoms with E-state index in [9.17, 15) is 8.42 Å². The lowest BCUT2D eigenvalue weighted by atomic mass is 10.1. The molecule has 0 spiro atoms. The van der Waals surface area contributed by atoms with Crippen LogP contribution in [-0.4, -0.2) is 14.0 Å². The van der Waals surface area contributed by atoms with E-state index in [0.29, 0.717) is 0 Å². The third-order valence-corrected chi connectivity index (χ3v) is 4.65. The maximum Gasteiger partial charge on any atom is 0.242 e. The lowest BCUT2D eigenvalue weighted by Crippen LogP contribution is -2.40. The van der Waals surface area contributed by atoms with E-state index in [1.165, 1.54) is 12.1 Å². The Morgan fingerprint density at radius 2 is 1.47 bits per heavy atom. The van der Waals surface area contributed by atoms with Crippen LogP contribution < -0.4 is 4.72 Å². The molecule has 1 aromatic rings. The van der Waals surface area contributed by atoms with Gasteiger partial charge in [-0.25, -0.2) is 13.1 Å². The Morgan fingerprint density at radius 1 is 1.00 bits per heavy atom. The zero-order valence-corrected chi connectivity index (χ0v) is 12.6. The second-order valence-corrected chi connectivity index (χ2v) is 7.42. The largest absolute Gasteiger partial charge is 0.242 e. The third kappa shape index (κ3) is 4.00. The Balaban J connectivity index is 3.30. The van der Waals surface area contributed by atoms with Crippen molar-refractivity contribution in [1.82, 2.24) is 4.72 Å². The summed E-state index contributed by atoms with van der Waals surface area (Å²) in [5.74, 6) is 0. The van der Waals surface area contributed by atoms with E-state index >= 15 is 0 Å². The van der Waals surface area contributed by atoms with Crippen molar-refractivity contribution in [3.8, 4) is 0 Å². The summed E-state index contributed by atoms with van der Waals surface area (Å²) in [7, 11) is -3.71. The molecule has 0 fully saturated rings. The molecule has 1 aromatic carbocycles. The number of sulfonamides is 1. The standard InChI is InChI=1S/C10H12Cl3NO2S/c1-10(2,3)14-17(15,16)9-5-7(12)6(11)4-8(9)13/h4-5,14H,1-3H3. The van der Waals surface area contributed by atoms with Crippen LogP contribution in [-0.2, 0) is 10.0 Å². The van der Waals surface area contributed by atoms with Gasteiger partial charge in [-0.3, -0.25) is 0 Å². The molecule has 7 heteroatoms. The maximum atomic E-state index is 12.0. The number of benzene rings is 1. The molecule has 0 heterocycles. The van der Waals surface area contributed by atoms with Gasteiger partial charge in [0.25, 0.3) is 0 Å². The lowest BCUT2D eigenvalue weighted by molar-refractivity contribution is 0.491. The summed E-state index contributed by atoms with van der Waals surface area (Å²) in [5, 5.41) is 0.396. The van der Waals surface area contributed by atoms with Gasteiger partial charge in [0.05, 0.1) is 15.1 Å². The van der Waals surface area contributed by atoms with E-state index in [1.54, 1.807) is 20.8 Å². The van der Waals surface area contributed by atoms with Crippen LogP contribution in [0.5, 0.6) is 0 Å². The van der Waals surface area contributed by atoms with Crippen LogP contribution in [0.25, 0.3) is 0 Å². The van der Waals surface area contributed by atoms with Gasteiger partial charge in [0.2, 0.25) is 10.0 Å². The summed E-state index contributed by atoms with van der Waals surface area (Å²) in [6.07, 6.45) is 0. The Bertz CT molecular complexity index is 535. The second-order valence-electron chi connectivity index (χ2n) is 4.55. The molecule has 0 aliphatic rings. The molecule has 96 valence electrons. The van der Waals surface area contributed by atoms with Gasteiger partial charge in [0, 0.05) is 5.54 Å². The van der Waals surface area contributed by atoms with Crippen molar-refractivity contribution in [3.05, 3.63) is 27.2 Å². The topological polar surface area (TPSA) is 46.2 Å². The van der Waals surface area contributed by atoms with Gasteiger partial charge < -0.3 is 0 Å². The number of hydrogen-bond donors (Lipinski definition) is 1.